The minimum Gasteiger partial charge on any atom is -0.419 e. The Bertz CT molecular complexity index is 930. The van der Waals surface area contributed by atoms with Crippen molar-refractivity contribution in [3.8, 4) is 0 Å². The molecule has 7 nitrogen and oxygen atoms in total. The van der Waals surface area contributed by atoms with Gasteiger partial charge in [-0.3, -0.25) is 10.1 Å². The van der Waals surface area contributed by atoms with Crippen LogP contribution in [0, 0.1) is 10.1 Å². The van der Waals surface area contributed by atoms with E-state index in [1.807, 2.05) is 30.3 Å². The van der Waals surface area contributed by atoms with E-state index < -0.39 is 22.6 Å². The van der Waals surface area contributed by atoms with Crippen LogP contribution in [-0.4, -0.2) is 22.6 Å². The summed E-state index contributed by atoms with van der Waals surface area (Å²) in [6, 6.07) is 13.6. The molecule has 0 bridgehead atoms. The van der Waals surface area contributed by atoms with Crippen LogP contribution < -0.4 is 0 Å². The number of rotatable bonds is 4. The van der Waals surface area contributed by atoms with Crippen molar-refractivity contribution in [2.45, 2.75) is 29.4 Å². The molecule has 8 heteroatoms. The molecule has 27 heavy (non-hydrogen) atoms. The third-order valence-corrected chi connectivity index (χ3v) is 4.69. The summed E-state index contributed by atoms with van der Waals surface area (Å²) in [6.07, 6.45) is 1.26. The summed E-state index contributed by atoms with van der Waals surface area (Å²) in [5.74, 6) is -3.02. The van der Waals surface area contributed by atoms with Crippen molar-refractivity contribution in [1.29, 1.82) is 0 Å². The van der Waals surface area contributed by atoms with Gasteiger partial charge in [0.05, 0.1) is 4.92 Å². The maximum absolute atomic E-state index is 12.2. The molecule has 0 radical (unpaired) electrons. The summed E-state index contributed by atoms with van der Waals surface area (Å²) >= 11 is 1.35. The number of esters is 2. The summed E-state index contributed by atoms with van der Waals surface area (Å²) in [5.41, 5.74) is -0.122. The third kappa shape index (κ3) is 4.35. The summed E-state index contributed by atoms with van der Waals surface area (Å²) in [7, 11) is 0. The highest BCUT2D eigenvalue weighted by molar-refractivity contribution is 7.99. The van der Waals surface area contributed by atoms with Crippen LogP contribution in [0.2, 0.25) is 0 Å². The molecule has 0 atom stereocenters. The van der Waals surface area contributed by atoms with Gasteiger partial charge in [-0.05, 0) is 29.8 Å². The molecule has 2 aromatic rings. The number of hydrogen-bond donors (Lipinski definition) is 0. The molecule has 0 saturated carbocycles. The van der Waals surface area contributed by atoms with E-state index >= 15 is 0 Å². The van der Waals surface area contributed by atoms with Crippen LogP contribution in [0.25, 0.3) is 6.08 Å². The second-order valence-corrected chi connectivity index (χ2v) is 7.25. The Balaban J connectivity index is 2.04. The van der Waals surface area contributed by atoms with Gasteiger partial charge in [-0.15, -0.1) is 0 Å². The SMILES string of the molecule is CC1(C)OC(=O)C(=Cc2cc([N+](=O)[O-])ccc2Sc2ccccc2)C(=O)O1. The molecular formula is C19H15NO6S. The zero-order valence-electron chi connectivity index (χ0n) is 14.5. The molecule has 3 rings (SSSR count). The lowest BCUT2D eigenvalue weighted by molar-refractivity contribution is -0.384. The van der Waals surface area contributed by atoms with Gasteiger partial charge in [-0.1, -0.05) is 30.0 Å². The van der Waals surface area contributed by atoms with Gasteiger partial charge in [0.15, 0.2) is 0 Å². The lowest BCUT2D eigenvalue weighted by atomic mass is 10.1. The maximum Gasteiger partial charge on any atom is 0.348 e. The fourth-order valence-electron chi connectivity index (χ4n) is 2.40. The summed E-state index contributed by atoms with van der Waals surface area (Å²) in [4.78, 5) is 36.5. The zero-order valence-corrected chi connectivity index (χ0v) is 15.3. The van der Waals surface area contributed by atoms with Crippen LogP contribution in [0.4, 0.5) is 5.69 Å². The predicted octanol–water partition coefficient (Wildman–Crippen LogP) is 3.97. The number of nitrogens with zero attached hydrogens (tertiary/aromatic N) is 1. The molecule has 1 fully saturated rings. The lowest BCUT2D eigenvalue weighted by Gasteiger charge is -2.29. The van der Waals surface area contributed by atoms with E-state index in [4.69, 9.17) is 9.47 Å². The fraction of sp³-hybridized carbons (Fsp3) is 0.158. The first-order chi connectivity index (χ1) is 12.7. The lowest BCUT2D eigenvalue weighted by Crippen LogP contribution is -2.41. The Morgan fingerprint density at radius 2 is 1.67 bits per heavy atom. The van der Waals surface area contributed by atoms with Gasteiger partial charge < -0.3 is 9.47 Å². The molecule has 0 amide bonds. The number of ether oxygens (including phenoxy) is 2. The van der Waals surface area contributed by atoms with Crippen LogP contribution >= 0.6 is 11.8 Å². The van der Waals surface area contributed by atoms with Crippen LogP contribution in [0.5, 0.6) is 0 Å². The molecule has 0 unspecified atom stereocenters. The van der Waals surface area contributed by atoms with Gasteiger partial charge in [0.2, 0.25) is 0 Å². The minimum absolute atomic E-state index is 0.155. The van der Waals surface area contributed by atoms with Crippen molar-refractivity contribution in [2.24, 2.45) is 0 Å². The Labute approximate surface area is 159 Å². The number of nitro benzene ring substituents is 1. The first kappa shape index (κ1) is 18.7. The smallest absolute Gasteiger partial charge is 0.348 e. The largest absolute Gasteiger partial charge is 0.419 e. The number of hydrogen-bond acceptors (Lipinski definition) is 7. The van der Waals surface area contributed by atoms with Crippen molar-refractivity contribution < 1.29 is 24.0 Å². The van der Waals surface area contributed by atoms with Gasteiger partial charge in [0, 0.05) is 35.8 Å². The van der Waals surface area contributed by atoms with Crippen LogP contribution in [0.1, 0.15) is 19.4 Å². The molecule has 1 aliphatic rings. The van der Waals surface area contributed by atoms with E-state index in [-0.39, 0.29) is 11.3 Å². The standard InChI is InChI=1S/C19H15NO6S/c1-19(2)25-17(21)15(18(22)26-19)11-12-10-13(20(23)24)8-9-16(12)27-14-6-4-3-5-7-14/h3-11H,1-2H3. The number of non-ortho nitro benzene ring substituents is 1. The van der Waals surface area contributed by atoms with Crippen molar-refractivity contribution in [2.75, 3.05) is 0 Å². The van der Waals surface area contributed by atoms with E-state index in [0.717, 1.165) is 4.90 Å². The molecule has 0 aromatic heterocycles. The fourth-order valence-corrected chi connectivity index (χ4v) is 3.32. The van der Waals surface area contributed by atoms with E-state index in [0.29, 0.717) is 10.5 Å². The second kappa shape index (κ2) is 7.24. The zero-order chi connectivity index (χ0) is 19.6. The van der Waals surface area contributed by atoms with Gasteiger partial charge >= 0.3 is 11.9 Å². The average Bonchev–Trinajstić information content (AvgIpc) is 2.59. The summed E-state index contributed by atoms with van der Waals surface area (Å²) in [5, 5.41) is 11.1. The highest BCUT2D eigenvalue weighted by Crippen LogP contribution is 2.34. The van der Waals surface area contributed by atoms with Crippen LogP contribution in [-0.2, 0) is 19.1 Å². The highest BCUT2D eigenvalue weighted by Gasteiger charge is 2.39. The first-order valence-electron chi connectivity index (χ1n) is 7.95. The third-order valence-electron chi connectivity index (χ3n) is 3.59. The molecule has 2 aromatic carbocycles. The molecule has 1 aliphatic heterocycles. The Morgan fingerprint density at radius 1 is 1.04 bits per heavy atom. The van der Waals surface area contributed by atoms with Gasteiger partial charge in [0.25, 0.3) is 11.5 Å². The van der Waals surface area contributed by atoms with Gasteiger partial charge in [-0.25, -0.2) is 9.59 Å². The van der Waals surface area contributed by atoms with E-state index in [1.54, 1.807) is 6.07 Å². The van der Waals surface area contributed by atoms with Crippen molar-refractivity contribution in [3.63, 3.8) is 0 Å². The second-order valence-electron chi connectivity index (χ2n) is 6.13. The highest BCUT2D eigenvalue weighted by atomic mass is 32.2. The molecule has 0 N–H and O–H groups in total. The Kier molecular flexibility index (Phi) is 5.00. The maximum atomic E-state index is 12.2. The molecule has 138 valence electrons. The van der Waals surface area contributed by atoms with Crippen LogP contribution in [0.3, 0.4) is 0 Å². The van der Waals surface area contributed by atoms with Gasteiger partial charge in [0.1, 0.15) is 5.57 Å². The summed E-state index contributed by atoms with van der Waals surface area (Å²) < 4.78 is 10.1. The molecule has 0 spiro atoms. The van der Waals surface area contributed by atoms with Crippen molar-refractivity contribution >= 4 is 35.5 Å². The van der Waals surface area contributed by atoms with Crippen LogP contribution in [0.15, 0.2) is 63.9 Å². The van der Waals surface area contributed by atoms with E-state index in [1.165, 1.54) is 43.8 Å². The minimum atomic E-state index is -1.35. The van der Waals surface area contributed by atoms with Gasteiger partial charge in [-0.2, -0.15) is 0 Å². The first-order valence-corrected chi connectivity index (χ1v) is 8.76. The number of carbonyl (C=O) groups is 2. The monoisotopic (exact) mass is 385 g/mol. The predicted molar refractivity (Wildman–Crippen MR) is 97.9 cm³/mol. The van der Waals surface area contributed by atoms with E-state index in [2.05, 4.69) is 0 Å². The quantitative estimate of drug-likeness (QED) is 0.258. The molecular weight excluding hydrogens is 370 g/mol. The Hall–Kier alpha value is -3.13. The summed E-state index contributed by atoms with van der Waals surface area (Å²) in [6.45, 7) is 2.90. The normalized spacial score (nSPS) is 15.7. The number of nitro groups is 1. The molecule has 1 heterocycles. The van der Waals surface area contributed by atoms with Crippen molar-refractivity contribution in [3.05, 3.63) is 69.8 Å². The van der Waals surface area contributed by atoms with E-state index in [9.17, 15) is 19.7 Å². The Morgan fingerprint density at radius 3 is 2.26 bits per heavy atom. The topological polar surface area (TPSA) is 95.7 Å². The molecule has 1 saturated heterocycles. The number of carbonyl (C=O) groups excluding carboxylic acids is 2. The number of cyclic esters (lactones) is 2. The molecule has 0 aliphatic carbocycles. The van der Waals surface area contributed by atoms with Crippen molar-refractivity contribution in [1.82, 2.24) is 0 Å². The number of benzene rings is 2. The average molecular weight is 385 g/mol.